The molecule has 1 saturated heterocycles. The fraction of sp³-hybridized carbons (Fsp3) is 0.782. The van der Waals surface area contributed by atoms with Gasteiger partial charge in [-0.3, -0.25) is 9.59 Å². The van der Waals surface area contributed by atoms with Crippen LogP contribution in [-0.2, 0) is 28.5 Å². The van der Waals surface area contributed by atoms with Crippen LogP contribution < -0.4 is 0 Å². The highest BCUT2D eigenvalue weighted by atomic mass is 16.7. The Morgan fingerprint density at radius 1 is 0.477 bits per heavy atom. The van der Waals surface area contributed by atoms with Gasteiger partial charge < -0.3 is 39.4 Å². The van der Waals surface area contributed by atoms with E-state index in [2.05, 4.69) is 68.5 Å². The number of esters is 2. The summed E-state index contributed by atoms with van der Waals surface area (Å²) in [5.74, 6) is -0.907. The van der Waals surface area contributed by atoms with Crippen LogP contribution in [0, 0.1) is 0 Å². The van der Waals surface area contributed by atoms with Crippen molar-refractivity contribution in [1.29, 1.82) is 0 Å². The van der Waals surface area contributed by atoms with Gasteiger partial charge in [0.15, 0.2) is 12.4 Å². The molecule has 0 aromatic rings. The van der Waals surface area contributed by atoms with E-state index >= 15 is 0 Å². The largest absolute Gasteiger partial charge is 0.462 e. The molecule has 4 N–H and O–H groups in total. The molecule has 65 heavy (non-hydrogen) atoms. The number of carbonyl (C=O) groups is 2. The summed E-state index contributed by atoms with van der Waals surface area (Å²) in [6, 6.07) is 0. The van der Waals surface area contributed by atoms with Gasteiger partial charge in [-0.2, -0.15) is 0 Å². The van der Waals surface area contributed by atoms with E-state index in [0.29, 0.717) is 12.8 Å². The molecule has 10 heteroatoms. The Balaban J connectivity index is 2.29. The molecule has 0 radical (unpaired) electrons. The molecule has 1 aliphatic rings. The van der Waals surface area contributed by atoms with Crippen LogP contribution in [0.2, 0.25) is 0 Å². The van der Waals surface area contributed by atoms with E-state index in [0.717, 1.165) is 44.9 Å². The van der Waals surface area contributed by atoms with Crippen molar-refractivity contribution >= 4 is 11.9 Å². The van der Waals surface area contributed by atoms with E-state index < -0.39 is 55.4 Å². The van der Waals surface area contributed by atoms with Gasteiger partial charge in [0, 0.05) is 12.8 Å². The first-order chi connectivity index (χ1) is 31.8. The van der Waals surface area contributed by atoms with Crippen LogP contribution in [0.25, 0.3) is 0 Å². The smallest absolute Gasteiger partial charge is 0.306 e. The number of carbonyl (C=O) groups excluding carboxylic acids is 2. The van der Waals surface area contributed by atoms with Gasteiger partial charge in [-0.15, -0.1) is 0 Å². The van der Waals surface area contributed by atoms with Crippen molar-refractivity contribution in [2.24, 2.45) is 0 Å². The van der Waals surface area contributed by atoms with Crippen molar-refractivity contribution in [2.45, 2.75) is 256 Å². The summed E-state index contributed by atoms with van der Waals surface area (Å²) in [6.45, 7) is 3.34. The molecule has 0 aromatic heterocycles. The minimum absolute atomic E-state index is 0.170. The predicted molar refractivity (Wildman–Crippen MR) is 265 cm³/mol. The molecule has 0 saturated carbocycles. The average Bonchev–Trinajstić information content (AvgIpc) is 3.30. The Bertz CT molecular complexity index is 1240. The Morgan fingerprint density at radius 2 is 0.862 bits per heavy atom. The Hall–Kier alpha value is -2.60. The van der Waals surface area contributed by atoms with E-state index in [9.17, 15) is 30.0 Å². The maximum Gasteiger partial charge on any atom is 0.306 e. The van der Waals surface area contributed by atoms with Gasteiger partial charge in [-0.25, -0.2) is 0 Å². The van der Waals surface area contributed by atoms with E-state index in [4.69, 9.17) is 18.9 Å². The number of aliphatic hydroxyl groups excluding tert-OH is 4. The number of aliphatic hydroxyl groups is 4. The maximum atomic E-state index is 12.8. The molecule has 1 rings (SSSR count). The summed E-state index contributed by atoms with van der Waals surface area (Å²) in [6.07, 6.45) is 49.7. The van der Waals surface area contributed by atoms with E-state index in [-0.39, 0.29) is 26.1 Å². The maximum absolute atomic E-state index is 12.8. The fourth-order valence-electron chi connectivity index (χ4n) is 7.72. The Morgan fingerprint density at radius 3 is 1.34 bits per heavy atom. The predicted octanol–water partition coefficient (Wildman–Crippen LogP) is 12.6. The van der Waals surface area contributed by atoms with Crippen LogP contribution in [0.15, 0.2) is 60.8 Å². The van der Waals surface area contributed by atoms with Crippen molar-refractivity contribution in [1.82, 2.24) is 0 Å². The SMILES string of the molecule is CCCCC/C=C/C/C=C/C/C=C/C/C=C/CCCC(=O)OC[C@H](CO[C@@H]1O[C@H](CO)[C@H](O)C(O)C1O)OC(=O)CCC/C=C/CCCCCCCCCCCCCCCCCCCC. The first-order valence-corrected chi connectivity index (χ1v) is 26.4. The molecule has 10 nitrogen and oxygen atoms in total. The standard InChI is InChI=1S/C55H96O10/c1-3-5-7-9-11-13-15-17-19-21-22-23-24-25-26-28-30-32-34-36-38-40-42-44-51(58)64-48(47-63-55-54(61)53(60)52(59)49(45-56)65-55)46-62-50(57)43-41-39-37-35-33-31-29-27-20-18-16-14-12-10-8-6-4-2/h12,14,18,20,29,31,35-38,48-49,52-56,59-61H,3-11,13,15-17,19,21-28,30,32-34,39-47H2,1-2H3/b14-12+,20-18+,31-29+,37-35+,38-36+/t48-,49-,52+,53?,54?,55-/m1/s1. The molecule has 0 aromatic carbocycles. The lowest BCUT2D eigenvalue weighted by Gasteiger charge is -2.39. The highest BCUT2D eigenvalue weighted by Gasteiger charge is 2.44. The van der Waals surface area contributed by atoms with Gasteiger partial charge in [0.25, 0.3) is 0 Å². The van der Waals surface area contributed by atoms with Crippen LogP contribution in [-0.4, -0.2) is 89.0 Å². The topological polar surface area (TPSA) is 152 Å². The lowest BCUT2D eigenvalue weighted by Crippen LogP contribution is -2.59. The molecule has 0 amide bonds. The van der Waals surface area contributed by atoms with E-state index in [1.54, 1.807) is 0 Å². The van der Waals surface area contributed by atoms with Gasteiger partial charge in [-0.1, -0.05) is 197 Å². The van der Waals surface area contributed by atoms with Crippen LogP contribution in [0.3, 0.4) is 0 Å². The Labute approximate surface area is 396 Å². The third kappa shape index (κ3) is 36.2. The minimum Gasteiger partial charge on any atom is -0.462 e. The quantitative estimate of drug-likeness (QED) is 0.0264. The van der Waals surface area contributed by atoms with Crippen molar-refractivity contribution < 1.29 is 49.0 Å². The van der Waals surface area contributed by atoms with Gasteiger partial charge in [0.1, 0.15) is 31.0 Å². The second-order valence-electron chi connectivity index (χ2n) is 18.0. The normalized spacial score (nSPS) is 19.8. The van der Waals surface area contributed by atoms with Crippen LogP contribution >= 0.6 is 0 Å². The van der Waals surface area contributed by atoms with Crippen LogP contribution in [0.5, 0.6) is 0 Å². The molecule has 1 aliphatic heterocycles. The zero-order valence-electron chi connectivity index (χ0n) is 41.2. The van der Waals surface area contributed by atoms with Gasteiger partial charge in [-0.05, 0) is 70.6 Å². The minimum atomic E-state index is -1.61. The summed E-state index contributed by atoms with van der Waals surface area (Å²) in [5.41, 5.74) is 0. The summed E-state index contributed by atoms with van der Waals surface area (Å²) in [5, 5.41) is 40.2. The third-order valence-electron chi connectivity index (χ3n) is 11.9. The monoisotopic (exact) mass is 917 g/mol. The molecular weight excluding hydrogens is 821 g/mol. The zero-order valence-corrected chi connectivity index (χ0v) is 41.2. The number of hydrogen-bond acceptors (Lipinski definition) is 10. The molecule has 1 heterocycles. The lowest BCUT2D eigenvalue weighted by atomic mass is 9.99. The molecule has 0 bridgehead atoms. The fourth-order valence-corrected chi connectivity index (χ4v) is 7.72. The molecule has 6 atom stereocenters. The summed E-state index contributed by atoms with van der Waals surface area (Å²) >= 11 is 0. The van der Waals surface area contributed by atoms with Crippen LogP contribution in [0.4, 0.5) is 0 Å². The van der Waals surface area contributed by atoms with E-state index in [1.807, 2.05) is 6.08 Å². The van der Waals surface area contributed by atoms with Gasteiger partial charge >= 0.3 is 11.9 Å². The second-order valence-corrected chi connectivity index (χ2v) is 18.0. The zero-order chi connectivity index (χ0) is 47.3. The van der Waals surface area contributed by atoms with Crippen LogP contribution in [0.1, 0.15) is 219 Å². The summed E-state index contributed by atoms with van der Waals surface area (Å²) in [7, 11) is 0. The van der Waals surface area contributed by atoms with E-state index in [1.165, 1.54) is 135 Å². The van der Waals surface area contributed by atoms with Crippen molar-refractivity contribution in [3.63, 3.8) is 0 Å². The summed E-state index contributed by atoms with van der Waals surface area (Å²) < 4.78 is 22.1. The summed E-state index contributed by atoms with van der Waals surface area (Å²) in [4.78, 5) is 25.4. The van der Waals surface area contributed by atoms with Crippen molar-refractivity contribution in [3.8, 4) is 0 Å². The molecule has 376 valence electrons. The first-order valence-electron chi connectivity index (χ1n) is 26.4. The average molecular weight is 917 g/mol. The number of unbranched alkanes of at least 4 members (excludes halogenated alkanes) is 23. The highest BCUT2D eigenvalue weighted by Crippen LogP contribution is 2.23. The third-order valence-corrected chi connectivity index (χ3v) is 11.9. The highest BCUT2D eigenvalue weighted by molar-refractivity contribution is 5.70. The number of ether oxygens (including phenoxy) is 4. The molecule has 2 unspecified atom stereocenters. The van der Waals surface area contributed by atoms with Crippen molar-refractivity contribution in [2.75, 3.05) is 19.8 Å². The molecule has 0 aliphatic carbocycles. The number of hydrogen-bond donors (Lipinski definition) is 4. The molecule has 1 fully saturated rings. The Kier molecular flexibility index (Phi) is 42.0. The second kappa shape index (κ2) is 45.2. The van der Waals surface area contributed by atoms with Gasteiger partial charge in [0.2, 0.25) is 0 Å². The molecular formula is C55H96O10. The molecule has 0 spiro atoms. The number of allylic oxidation sites excluding steroid dienone is 10. The first kappa shape index (κ1) is 60.4. The lowest BCUT2D eigenvalue weighted by molar-refractivity contribution is -0.305. The number of rotatable bonds is 44. The van der Waals surface area contributed by atoms with Gasteiger partial charge in [0.05, 0.1) is 13.2 Å². The van der Waals surface area contributed by atoms with Crippen molar-refractivity contribution in [3.05, 3.63) is 60.8 Å².